The second-order valence-corrected chi connectivity index (χ2v) is 4.81. The van der Waals surface area contributed by atoms with Gasteiger partial charge in [0.25, 0.3) is 0 Å². The van der Waals surface area contributed by atoms with Crippen molar-refractivity contribution in [3.8, 4) is 23.2 Å². The fraction of sp³-hybridized carbons (Fsp3) is 0. The highest BCUT2D eigenvalue weighted by atomic mass is 79.9. The van der Waals surface area contributed by atoms with Gasteiger partial charge in [-0.15, -0.1) is 0 Å². The highest BCUT2D eigenvalue weighted by molar-refractivity contribution is 9.10. The number of hydrogen-bond donors (Lipinski definition) is 0. The van der Waals surface area contributed by atoms with Gasteiger partial charge in [0.2, 0.25) is 0 Å². The zero-order valence-corrected chi connectivity index (χ0v) is 11.3. The number of benzene rings is 1. The molecule has 0 aliphatic rings. The lowest BCUT2D eigenvalue weighted by molar-refractivity contribution is 0.577. The van der Waals surface area contributed by atoms with E-state index in [-0.39, 0.29) is 0 Å². The van der Waals surface area contributed by atoms with Gasteiger partial charge in [0.1, 0.15) is 11.8 Å². The highest BCUT2D eigenvalue weighted by Gasteiger charge is 2.13. The summed E-state index contributed by atoms with van der Waals surface area (Å²) in [4.78, 5) is 0. The molecular formula is C14H8BrN3O. The maximum atomic E-state index is 9.00. The van der Waals surface area contributed by atoms with Crippen molar-refractivity contribution < 1.29 is 4.42 Å². The summed E-state index contributed by atoms with van der Waals surface area (Å²) < 4.78 is 8.07. The molecule has 0 amide bonds. The Hall–Kier alpha value is -2.32. The summed E-state index contributed by atoms with van der Waals surface area (Å²) in [6, 6.07) is 15.1. The van der Waals surface area contributed by atoms with Gasteiger partial charge < -0.3 is 4.42 Å². The van der Waals surface area contributed by atoms with Gasteiger partial charge >= 0.3 is 0 Å². The maximum absolute atomic E-state index is 9.00. The first-order valence-corrected chi connectivity index (χ1v) is 6.37. The number of furan rings is 1. The quantitative estimate of drug-likeness (QED) is 0.723. The Bertz CT molecular complexity index is 736. The summed E-state index contributed by atoms with van der Waals surface area (Å²) in [6.45, 7) is 0. The topological polar surface area (TPSA) is 54.8 Å². The van der Waals surface area contributed by atoms with E-state index in [1.807, 2.05) is 36.4 Å². The third-order valence-corrected chi connectivity index (χ3v) is 3.20. The second kappa shape index (κ2) is 4.75. The average Bonchev–Trinajstić information content (AvgIpc) is 3.08. The van der Waals surface area contributed by atoms with Crippen molar-refractivity contribution in [2.24, 2.45) is 0 Å². The van der Waals surface area contributed by atoms with Crippen molar-refractivity contribution >= 4 is 15.9 Å². The number of halogens is 1. The van der Waals surface area contributed by atoms with Crippen LogP contribution in [0, 0.1) is 11.3 Å². The van der Waals surface area contributed by atoms with Crippen LogP contribution < -0.4 is 0 Å². The van der Waals surface area contributed by atoms with Gasteiger partial charge in [0.05, 0.1) is 12.0 Å². The van der Waals surface area contributed by atoms with Crippen LogP contribution in [0.3, 0.4) is 0 Å². The summed E-state index contributed by atoms with van der Waals surface area (Å²) in [5.74, 6) is 0.678. The molecule has 3 aromatic rings. The highest BCUT2D eigenvalue weighted by Crippen LogP contribution is 2.25. The van der Waals surface area contributed by atoms with Crippen molar-refractivity contribution in [1.82, 2.24) is 9.78 Å². The van der Waals surface area contributed by atoms with Crippen LogP contribution in [0.15, 0.2) is 57.6 Å². The Labute approximate surface area is 118 Å². The van der Waals surface area contributed by atoms with E-state index in [2.05, 4.69) is 21.0 Å². The Morgan fingerprint density at radius 2 is 2.00 bits per heavy atom. The Kier molecular flexibility index (Phi) is 2.94. The molecule has 0 saturated carbocycles. The smallest absolute Gasteiger partial charge is 0.163 e. The molecule has 0 spiro atoms. The van der Waals surface area contributed by atoms with E-state index < -0.39 is 0 Å². The molecule has 0 atom stereocenters. The summed E-state index contributed by atoms with van der Waals surface area (Å²) in [5.41, 5.74) is 1.98. The fourth-order valence-electron chi connectivity index (χ4n) is 1.81. The maximum Gasteiger partial charge on any atom is 0.163 e. The molecule has 0 aliphatic carbocycles. The van der Waals surface area contributed by atoms with Gasteiger partial charge in [-0.3, -0.25) is 0 Å². The molecule has 2 aromatic heterocycles. The van der Waals surface area contributed by atoms with Gasteiger partial charge in [-0.2, -0.15) is 10.4 Å². The first-order valence-electron chi connectivity index (χ1n) is 5.58. The molecular weight excluding hydrogens is 306 g/mol. The minimum absolute atomic E-state index is 0.356. The van der Waals surface area contributed by atoms with Crippen LogP contribution in [-0.4, -0.2) is 9.78 Å². The fourth-order valence-corrected chi connectivity index (χ4v) is 2.08. The van der Waals surface area contributed by atoms with Crippen molar-refractivity contribution in [1.29, 1.82) is 5.26 Å². The molecule has 0 bridgehead atoms. The van der Waals surface area contributed by atoms with Crippen LogP contribution in [0.5, 0.6) is 0 Å². The number of nitriles is 1. The van der Waals surface area contributed by atoms with E-state index in [4.69, 9.17) is 9.68 Å². The molecule has 0 unspecified atom stereocenters. The monoisotopic (exact) mass is 313 g/mol. The molecule has 0 aliphatic heterocycles. The van der Waals surface area contributed by atoms with Gasteiger partial charge in [-0.05, 0) is 36.4 Å². The molecule has 5 heteroatoms. The van der Waals surface area contributed by atoms with Crippen LogP contribution in [0.4, 0.5) is 0 Å². The molecule has 1 aromatic carbocycles. The molecule has 0 fully saturated rings. The average molecular weight is 314 g/mol. The normalized spacial score (nSPS) is 10.3. The van der Waals surface area contributed by atoms with E-state index in [1.165, 1.54) is 0 Å². The van der Waals surface area contributed by atoms with E-state index in [0.717, 1.165) is 15.9 Å². The molecule has 92 valence electrons. The van der Waals surface area contributed by atoms with Crippen LogP contribution in [0.2, 0.25) is 0 Å². The minimum Gasteiger partial charge on any atom is -0.463 e. The molecule has 4 nitrogen and oxygen atoms in total. The molecule has 0 N–H and O–H groups in total. The Morgan fingerprint density at radius 3 is 2.63 bits per heavy atom. The summed E-state index contributed by atoms with van der Waals surface area (Å²) in [7, 11) is 0. The van der Waals surface area contributed by atoms with Crippen molar-refractivity contribution in [3.63, 3.8) is 0 Å². The van der Waals surface area contributed by atoms with Crippen molar-refractivity contribution in [3.05, 3.63) is 58.9 Å². The lowest BCUT2D eigenvalue weighted by Gasteiger charge is -2.05. The third-order valence-electron chi connectivity index (χ3n) is 2.67. The molecule has 3 rings (SSSR count). The lowest BCUT2D eigenvalue weighted by Crippen LogP contribution is -1.98. The molecule has 19 heavy (non-hydrogen) atoms. The largest absolute Gasteiger partial charge is 0.463 e. The summed E-state index contributed by atoms with van der Waals surface area (Å²) in [6.07, 6.45) is 1.60. The van der Waals surface area contributed by atoms with Crippen molar-refractivity contribution in [2.45, 2.75) is 0 Å². The Morgan fingerprint density at radius 1 is 1.21 bits per heavy atom. The molecule has 0 saturated heterocycles. The molecule has 0 radical (unpaired) electrons. The van der Waals surface area contributed by atoms with Crippen LogP contribution >= 0.6 is 15.9 Å². The predicted octanol–water partition coefficient (Wildman–Crippen LogP) is 3.77. The molecule has 2 heterocycles. The standard InChI is InChI=1S/C14H8BrN3O/c15-10-3-5-12(6-4-10)18-13(8-11(9-16)17-18)14-2-1-7-19-14/h1-8H. The van der Waals surface area contributed by atoms with Gasteiger partial charge in [-0.25, -0.2) is 4.68 Å². The van der Waals surface area contributed by atoms with E-state index in [0.29, 0.717) is 11.5 Å². The second-order valence-electron chi connectivity index (χ2n) is 3.89. The zero-order valence-electron chi connectivity index (χ0n) is 9.75. The van der Waals surface area contributed by atoms with Crippen LogP contribution in [0.25, 0.3) is 17.1 Å². The lowest BCUT2D eigenvalue weighted by atomic mass is 10.2. The SMILES string of the molecule is N#Cc1cc(-c2ccco2)n(-c2ccc(Br)cc2)n1. The van der Waals surface area contributed by atoms with E-state index >= 15 is 0 Å². The Balaban J connectivity index is 2.18. The first kappa shape index (κ1) is 11.8. The van der Waals surface area contributed by atoms with Crippen LogP contribution in [0.1, 0.15) is 5.69 Å². The predicted molar refractivity (Wildman–Crippen MR) is 73.7 cm³/mol. The van der Waals surface area contributed by atoms with E-state index in [1.54, 1.807) is 23.1 Å². The zero-order chi connectivity index (χ0) is 13.2. The van der Waals surface area contributed by atoms with Gasteiger partial charge in [-0.1, -0.05) is 15.9 Å². The number of aromatic nitrogens is 2. The number of hydrogen-bond acceptors (Lipinski definition) is 3. The number of rotatable bonds is 2. The summed E-state index contributed by atoms with van der Waals surface area (Å²) >= 11 is 3.39. The summed E-state index contributed by atoms with van der Waals surface area (Å²) in [5, 5.41) is 13.3. The van der Waals surface area contributed by atoms with E-state index in [9.17, 15) is 0 Å². The first-order chi connectivity index (χ1) is 9.28. The number of nitrogens with zero attached hydrogens (tertiary/aromatic N) is 3. The van der Waals surface area contributed by atoms with Crippen LogP contribution in [-0.2, 0) is 0 Å². The minimum atomic E-state index is 0.356. The third kappa shape index (κ3) is 2.18. The van der Waals surface area contributed by atoms with Crippen molar-refractivity contribution in [2.75, 3.05) is 0 Å². The van der Waals surface area contributed by atoms with Gasteiger partial charge in [0, 0.05) is 10.5 Å². The van der Waals surface area contributed by atoms with Gasteiger partial charge in [0.15, 0.2) is 11.5 Å².